The number of aromatic amines is 1. The molecule has 2 heterocycles. The maximum atomic E-state index is 12.2. The van der Waals surface area contributed by atoms with E-state index in [4.69, 9.17) is 0 Å². The number of hydrogen-bond donors (Lipinski definition) is 2. The first-order valence-electron chi connectivity index (χ1n) is 7.74. The summed E-state index contributed by atoms with van der Waals surface area (Å²) in [6.45, 7) is 2.01. The Hall–Kier alpha value is -2.40. The van der Waals surface area contributed by atoms with E-state index in [0.717, 1.165) is 39.9 Å². The molecule has 0 fully saturated rings. The molecule has 2 N–H and O–H groups in total. The van der Waals surface area contributed by atoms with Crippen molar-refractivity contribution in [3.8, 4) is 0 Å². The molecule has 1 aliphatic carbocycles. The summed E-state index contributed by atoms with van der Waals surface area (Å²) < 4.78 is 0. The Morgan fingerprint density at radius 3 is 3.09 bits per heavy atom. The second kappa shape index (κ2) is 5.66. The summed E-state index contributed by atoms with van der Waals surface area (Å²) in [6, 6.07) is 10.1. The monoisotopic (exact) mass is 323 g/mol. The fourth-order valence-electron chi connectivity index (χ4n) is 3.12. The highest BCUT2D eigenvalue weighted by Crippen LogP contribution is 2.30. The molecule has 0 saturated heterocycles. The number of nitrogens with one attached hydrogen (secondary N) is 2. The van der Waals surface area contributed by atoms with Gasteiger partial charge in [0.1, 0.15) is 0 Å². The number of nitrogens with zero attached hydrogens (tertiary/aromatic N) is 1. The van der Waals surface area contributed by atoms with Crippen LogP contribution < -0.4 is 5.43 Å². The van der Waals surface area contributed by atoms with Crippen LogP contribution in [0.2, 0.25) is 0 Å². The van der Waals surface area contributed by atoms with Gasteiger partial charge in [-0.25, -0.2) is 5.43 Å². The first kappa shape index (κ1) is 14.2. The molecule has 2 aromatic heterocycles. The van der Waals surface area contributed by atoms with E-state index >= 15 is 0 Å². The van der Waals surface area contributed by atoms with E-state index in [2.05, 4.69) is 15.5 Å². The molecule has 0 aliphatic heterocycles. The number of hydrazone groups is 1. The van der Waals surface area contributed by atoms with E-state index in [-0.39, 0.29) is 5.91 Å². The van der Waals surface area contributed by atoms with Gasteiger partial charge in [0.2, 0.25) is 0 Å². The zero-order valence-corrected chi connectivity index (χ0v) is 13.7. The molecule has 0 spiro atoms. The number of para-hydroxylation sites is 1. The van der Waals surface area contributed by atoms with Gasteiger partial charge in [-0.15, -0.1) is 11.3 Å². The number of benzene rings is 1. The number of aromatic nitrogens is 1. The summed E-state index contributed by atoms with van der Waals surface area (Å²) >= 11 is 1.59. The number of thiophene rings is 1. The van der Waals surface area contributed by atoms with E-state index in [9.17, 15) is 4.79 Å². The molecule has 3 aromatic rings. The van der Waals surface area contributed by atoms with Gasteiger partial charge in [0.25, 0.3) is 5.91 Å². The van der Waals surface area contributed by atoms with Crippen LogP contribution in [0.5, 0.6) is 0 Å². The third-order valence-corrected chi connectivity index (χ3v) is 5.51. The van der Waals surface area contributed by atoms with Crippen LogP contribution in [0.25, 0.3) is 10.9 Å². The minimum Gasteiger partial charge on any atom is -0.358 e. The van der Waals surface area contributed by atoms with E-state index in [1.807, 2.05) is 37.3 Å². The summed E-state index contributed by atoms with van der Waals surface area (Å²) in [5.74, 6) is -0.127. The number of carbonyl (C=O) groups is 1. The molecule has 23 heavy (non-hydrogen) atoms. The standard InChI is InChI=1S/C18H17N3OS/c1-11-14(13-6-2-3-7-15(13)20-11)10-19-21-18(22)17-9-12-5-4-8-16(12)23-17/h2-3,6-7,9-10,20H,4-5,8H2,1H3,(H,21,22)/b19-10+. The van der Waals surface area contributed by atoms with Crippen molar-refractivity contribution in [2.24, 2.45) is 5.10 Å². The zero-order valence-electron chi connectivity index (χ0n) is 12.8. The van der Waals surface area contributed by atoms with E-state index in [0.29, 0.717) is 0 Å². The Morgan fingerprint density at radius 2 is 2.22 bits per heavy atom. The third kappa shape index (κ3) is 2.57. The number of rotatable bonds is 3. The Morgan fingerprint density at radius 1 is 1.35 bits per heavy atom. The first-order valence-corrected chi connectivity index (χ1v) is 8.56. The number of amides is 1. The minimum atomic E-state index is -0.127. The molecule has 1 aromatic carbocycles. The Kier molecular flexibility index (Phi) is 3.50. The summed E-state index contributed by atoms with van der Waals surface area (Å²) in [4.78, 5) is 17.6. The van der Waals surface area contributed by atoms with Crippen LogP contribution in [0.15, 0.2) is 35.4 Å². The molecule has 1 aliphatic rings. The maximum absolute atomic E-state index is 12.2. The maximum Gasteiger partial charge on any atom is 0.281 e. The van der Waals surface area contributed by atoms with Crippen molar-refractivity contribution in [3.05, 3.63) is 56.9 Å². The summed E-state index contributed by atoms with van der Waals surface area (Å²) in [5.41, 5.74) is 7.10. The highest BCUT2D eigenvalue weighted by molar-refractivity contribution is 7.14. The lowest BCUT2D eigenvalue weighted by atomic mass is 10.1. The molecule has 0 atom stereocenters. The van der Waals surface area contributed by atoms with Crippen LogP contribution in [-0.4, -0.2) is 17.1 Å². The van der Waals surface area contributed by atoms with Crippen molar-refractivity contribution in [1.82, 2.24) is 10.4 Å². The normalized spacial score (nSPS) is 13.8. The number of H-pyrrole nitrogens is 1. The van der Waals surface area contributed by atoms with Crippen LogP contribution in [0.4, 0.5) is 0 Å². The van der Waals surface area contributed by atoms with Crippen molar-refractivity contribution in [2.75, 3.05) is 0 Å². The van der Waals surface area contributed by atoms with Crippen molar-refractivity contribution >= 4 is 34.4 Å². The van der Waals surface area contributed by atoms with Gasteiger partial charge in [-0.05, 0) is 43.9 Å². The lowest BCUT2D eigenvalue weighted by Gasteiger charge is -1.97. The van der Waals surface area contributed by atoms with E-state index in [1.54, 1.807) is 17.6 Å². The molecule has 0 saturated carbocycles. The van der Waals surface area contributed by atoms with Crippen LogP contribution in [0, 0.1) is 6.92 Å². The Labute approximate surface area is 138 Å². The lowest BCUT2D eigenvalue weighted by Crippen LogP contribution is -2.16. The van der Waals surface area contributed by atoms with Crippen molar-refractivity contribution < 1.29 is 4.79 Å². The lowest BCUT2D eigenvalue weighted by molar-refractivity contribution is 0.0959. The second-order valence-electron chi connectivity index (χ2n) is 5.82. The van der Waals surface area contributed by atoms with Gasteiger partial charge in [0.05, 0.1) is 11.1 Å². The van der Waals surface area contributed by atoms with Gasteiger partial charge in [-0.3, -0.25) is 4.79 Å². The van der Waals surface area contributed by atoms with Crippen molar-refractivity contribution in [2.45, 2.75) is 26.2 Å². The molecular weight excluding hydrogens is 306 g/mol. The third-order valence-electron chi connectivity index (χ3n) is 4.27. The molecule has 0 unspecified atom stereocenters. The SMILES string of the molecule is Cc1[nH]c2ccccc2c1/C=N/NC(=O)c1cc2c(s1)CCC2. The van der Waals surface area contributed by atoms with Crippen LogP contribution in [-0.2, 0) is 12.8 Å². The predicted octanol–water partition coefficient (Wildman–Crippen LogP) is 3.79. The largest absolute Gasteiger partial charge is 0.358 e. The topological polar surface area (TPSA) is 57.2 Å². The van der Waals surface area contributed by atoms with Gasteiger partial charge in [-0.1, -0.05) is 18.2 Å². The average Bonchev–Trinajstić information content (AvgIpc) is 3.20. The highest BCUT2D eigenvalue weighted by Gasteiger charge is 2.18. The molecule has 116 valence electrons. The summed E-state index contributed by atoms with van der Waals surface area (Å²) in [5, 5.41) is 5.26. The molecular formula is C18H17N3OS. The van der Waals surface area contributed by atoms with Crippen LogP contribution in [0.1, 0.15) is 37.8 Å². The smallest absolute Gasteiger partial charge is 0.281 e. The van der Waals surface area contributed by atoms with E-state index < -0.39 is 0 Å². The fraction of sp³-hybridized carbons (Fsp3) is 0.222. The van der Waals surface area contributed by atoms with Gasteiger partial charge in [0, 0.05) is 27.0 Å². The Bertz CT molecular complexity index is 898. The molecule has 4 rings (SSSR count). The minimum absolute atomic E-state index is 0.127. The van der Waals surface area contributed by atoms with Gasteiger partial charge in [-0.2, -0.15) is 5.10 Å². The summed E-state index contributed by atoms with van der Waals surface area (Å²) in [6.07, 6.45) is 5.12. The number of fused-ring (bicyclic) bond motifs is 2. The zero-order chi connectivity index (χ0) is 15.8. The Balaban J connectivity index is 1.52. The predicted molar refractivity (Wildman–Crippen MR) is 94.4 cm³/mol. The van der Waals surface area contributed by atoms with Gasteiger partial charge >= 0.3 is 0 Å². The van der Waals surface area contributed by atoms with Crippen LogP contribution in [0.3, 0.4) is 0 Å². The van der Waals surface area contributed by atoms with Crippen LogP contribution >= 0.6 is 11.3 Å². The second-order valence-corrected chi connectivity index (χ2v) is 6.96. The first-order chi connectivity index (χ1) is 11.2. The average molecular weight is 323 g/mol. The molecule has 5 heteroatoms. The van der Waals surface area contributed by atoms with Gasteiger partial charge in [0.15, 0.2) is 0 Å². The molecule has 0 radical (unpaired) electrons. The quantitative estimate of drug-likeness (QED) is 0.559. The number of carbonyl (C=O) groups excluding carboxylic acids is 1. The fourth-order valence-corrected chi connectivity index (χ4v) is 4.26. The highest BCUT2D eigenvalue weighted by atomic mass is 32.1. The summed E-state index contributed by atoms with van der Waals surface area (Å²) in [7, 11) is 0. The van der Waals surface area contributed by atoms with Gasteiger partial charge < -0.3 is 4.98 Å². The number of aryl methyl sites for hydroxylation is 3. The molecule has 4 nitrogen and oxygen atoms in total. The molecule has 0 bridgehead atoms. The molecule has 1 amide bonds. The number of hydrogen-bond acceptors (Lipinski definition) is 3. The van der Waals surface area contributed by atoms with E-state index in [1.165, 1.54) is 16.9 Å². The van der Waals surface area contributed by atoms with Crippen molar-refractivity contribution in [1.29, 1.82) is 0 Å². The van der Waals surface area contributed by atoms with Crippen molar-refractivity contribution in [3.63, 3.8) is 0 Å².